The molecule has 5 heteroatoms. The van der Waals surface area contributed by atoms with Crippen molar-refractivity contribution in [3.05, 3.63) is 39.8 Å². The number of aryl methyl sites for hydroxylation is 2. The van der Waals surface area contributed by atoms with E-state index >= 15 is 0 Å². The van der Waals surface area contributed by atoms with E-state index in [9.17, 15) is 4.79 Å². The number of piperidine rings is 1. The fourth-order valence-electron chi connectivity index (χ4n) is 3.04. The summed E-state index contributed by atoms with van der Waals surface area (Å²) in [6.07, 6.45) is 6.07. The zero-order valence-electron chi connectivity index (χ0n) is 12.6. The van der Waals surface area contributed by atoms with E-state index in [0.29, 0.717) is 5.78 Å². The van der Waals surface area contributed by atoms with Crippen molar-refractivity contribution in [2.45, 2.75) is 26.3 Å². The van der Waals surface area contributed by atoms with Gasteiger partial charge in [-0.25, -0.2) is 0 Å². The van der Waals surface area contributed by atoms with Crippen molar-refractivity contribution in [3.8, 4) is 0 Å². The van der Waals surface area contributed by atoms with Crippen molar-refractivity contribution in [1.29, 1.82) is 0 Å². The van der Waals surface area contributed by atoms with Gasteiger partial charge in [0, 0.05) is 37.8 Å². The molecular weight excluding hydrogens is 282 g/mol. The summed E-state index contributed by atoms with van der Waals surface area (Å²) in [5.74, 6) is 0.478. The molecule has 0 bridgehead atoms. The second kappa shape index (κ2) is 6.12. The van der Waals surface area contributed by atoms with Crippen molar-refractivity contribution < 1.29 is 4.79 Å². The Bertz CT molecular complexity index is 631. The van der Waals surface area contributed by atoms with Crippen molar-refractivity contribution in [1.82, 2.24) is 14.7 Å². The van der Waals surface area contributed by atoms with Gasteiger partial charge in [-0.15, -0.1) is 11.3 Å². The van der Waals surface area contributed by atoms with Crippen molar-refractivity contribution >= 4 is 17.1 Å². The molecule has 1 saturated heterocycles. The average molecular weight is 303 g/mol. The number of hydrogen-bond acceptors (Lipinski definition) is 4. The summed E-state index contributed by atoms with van der Waals surface area (Å²) in [5.41, 5.74) is 2.34. The molecule has 3 heterocycles. The van der Waals surface area contributed by atoms with Gasteiger partial charge in [0.15, 0.2) is 5.78 Å². The minimum atomic E-state index is 0.146. The first-order valence-electron chi connectivity index (χ1n) is 7.41. The molecule has 2 aromatic rings. The van der Waals surface area contributed by atoms with Gasteiger partial charge in [0.05, 0.1) is 11.1 Å². The molecule has 4 nitrogen and oxygen atoms in total. The molecule has 0 aliphatic carbocycles. The highest BCUT2D eigenvalue weighted by Crippen LogP contribution is 2.26. The predicted molar refractivity (Wildman–Crippen MR) is 84.6 cm³/mol. The van der Waals surface area contributed by atoms with Gasteiger partial charge in [-0.05, 0) is 43.3 Å². The lowest BCUT2D eigenvalue weighted by Crippen LogP contribution is -2.38. The van der Waals surface area contributed by atoms with E-state index in [1.165, 1.54) is 5.56 Å². The molecule has 0 saturated carbocycles. The molecule has 0 aromatic carbocycles. The fourth-order valence-corrected chi connectivity index (χ4v) is 3.98. The van der Waals surface area contributed by atoms with E-state index in [1.54, 1.807) is 11.3 Å². The highest BCUT2D eigenvalue weighted by molar-refractivity contribution is 7.12. The van der Waals surface area contributed by atoms with Gasteiger partial charge < -0.3 is 0 Å². The van der Waals surface area contributed by atoms with Crippen LogP contribution in [0.4, 0.5) is 0 Å². The number of carbonyl (C=O) groups is 1. The van der Waals surface area contributed by atoms with Gasteiger partial charge in [-0.1, -0.05) is 0 Å². The molecule has 0 spiro atoms. The van der Waals surface area contributed by atoms with Crippen LogP contribution in [0, 0.1) is 12.8 Å². The van der Waals surface area contributed by atoms with Crippen LogP contribution in [-0.2, 0) is 13.6 Å². The van der Waals surface area contributed by atoms with Gasteiger partial charge in [0.25, 0.3) is 0 Å². The first-order chi connectivity index (χ1) is 10.1. The number of ketones is 1. The van der Waals surface area contributed by atoms with Crippen LogP contribution < -0.4 is 0 Å². The number of Topliss-reactive ketones (excluding diaryl/α,β-unsaturated/α-hetero) is 1. The third kappa shape index (κ3) is 3.24. The van der Waals surface area contributed by atoms with Gasteiger partial charge in [0.2, 0.25) is 0 Å². The summed E-state index contributed by atoms with van der Waals surface area (Å²) in [6, 6.07) is 2.04. The predicted octanol–water partition coefficient (Wildman–Crippen LogP) is 2.88. The highest BCUT2D eigenvalue weighted by Gasteiger charge is 2.28. The number of rotatable bonds is 4. The third-order valence-corrected chi connectivity index (χ3v) is 5.16. The van der Waals surface area contributed by atoms with Crippen LogP contribution in [-0.4, -0.2) is 33.6 Å². The van der Waals surface area contributed by atoms with Crippen LogP contribution >= 0.6 is 11.3 Å². The first kappa shape index (κ1) is 14.5. The fraction of sp³-hybridized carbons (Fsp3) is 0.500. The number of aromatic nitrogens is 2. The molecule has 112 valence electrons. The van der Waals surface area contributed by atoms with Crippen molar-refractivity contribution in [2.75, 3.05) is 13.1 Å². The summed E-state index contributed by atoms with van der Waals surface area (Å²) >= 11 is 1.58. The summed E-state index contributed by atoms with van der Waals surface area (Å²) in [7, 11) is 1.94. The van der Waals surface area contributed by atoms with Crippen LogP contribution in [0.2, 0.25) is 0 Å². The van der Waals surface area contributed by atoms with Crippen LogP contribution in [0.15, 0.2) is 23.8 Å². The lowest BCUT2D eigenvalue weighted by atomic mass is 9.92. The number of hydrogen-bond donors (Lipinski definition) is 0. The van der Waals surface area contributed by atoms with Gasteiger partial charge in [-0.3, -0.25) is 14.4 Å². The van der Waals surface area contributed by atoms with Crippen LogP contribution in [0.1, 0.15) is 33.6 Å². The minimum absolute atomic E-state index is 0.146. The molecule has 1 fully saturated rings. The minimum Gasteiger partial charge on any atom is -0.298 e. The molecule has 1 aliphatic heterocycles. The Kier molecular flexibility index (Phi) is 4.22. The maximum Gasteiger partial charge on any atom is 0.177 e. The van der Waals surface area contributed by atoms with Gasteiger partial charge >= 0.3 is 0 Å². The maximum atomic E-state index is 12.7. The molecule has 0 amide bonds. The topological polar surface area (TPSA) is 38.1 Å². The highest BCUT2D eigenvalue weighted by atomic mass is 32.1. The van der Waals surface area contributed by atoms with E-state index in [4.69, 9.17) is 0 Å². The Morgan fingerprint density at radius 3 is 3.05 bits per heavy atom. The number of nitrogens with zero attached hydrogens (tertiary/aromatic N) is 3. The Hall–Kier alpha value is -1.46. The number of thiophene rings is 1. The standard InChI is InChI=1S/C16H21N3OS/c1-12-5-7-21-16(12)15(20)14-4-3-6-19(11-14)10-13-8-17-18(2)9-13/h5,7-9,14H,3-4,6,10-11H2,1-2H3/t14-/m0/s1. The molecule has 0 unspecified atom stereocenters. The van der Waals surface area contributed by atoms with E-state index in [2.05, 4.69) is 16.2 Å². The summed E-state index contributed by atoms with van der Waals surface area (Å²) in [5, 5.41) is 6.23. The van der Waals surface area contributed by atoms with Crippen molar-refractivity contribution in [3.63, 3.8) is 0 Å². The van der Waals surface area contributed by atoms with E-state index in [-0.39, 0.29) is 5.92 Å². The zero-order chi connectivity index (χ0) is 14.8. The van der Waals surface area contributed by atoms with E-state index in [1.807, 2.05) is 36.3 Å². The molecule has 2 aromatic heterocycles. The van der Waals surface area contributed by atoms with Crippen LogP contribution in [0.5, 0.6) is 0 Å². The normalized spacial score (nSPS) is 19.8. The van der Waals surface area contributed by atoms with Crippen LogP contribution in [0.3, 0.4) is 0 Å². The Balaban J connectivity index is 1.65. The largest absolute Gasteiger partial charge is 0.298 e. The second-order valence-electron chi connectivity index (χ2n) is 5.89. The summed E-state index contributed by atoms with van der Waals surface area (Å²) in [6.45, 7) is 4.86. The SMILES string of the molecule is Cc1ccsc1C(=O)[C@H]1CCCN(Cc2cnn(C)c2)C1. The summed E-state index contributed by atoms with van der Waals surface area (Å²) < 4.78 is 1.83. The Morgan fingerprint density at radius 1 is 1.52 bits per heavy atom. The van der Waals surface area contributed by atoms with Gasteiger partial charge in [0.1, 0.15) is 0 Å². The maximum absolute atomic E-state index is 12.7. The average Bonchev–Trinajstić information content (AvgIpc) is 3.07. The smallest absolute Gasteiger partial charge is 0.177 e. The molecule has 1 atom stereocenters. The molecule has 1 aliphatic rings. The number of likely N-dealkylation sites (tertiary alicyclic amines) is 1. The van der Waals surface area contributed by atoms with E-state index in [0.717, 1.165) is 42.9 Å². The van der Waals surface area contributed by atoms with Crippen LogP contribution in [0.25, 0.3) is 0 Å². The quantitative estimate of drug-likeness (QED) is 0.815. The molecule has 0 radical (unpaired) electrons. The molecular formula is C16H21N3OS. The Morgan fingerprint density at radius 2 is 2.38 bits per heavy atom. The molecule has 21 heavy (non-hydrogen) atoms. The van der Waals surface area contributed by atoms with Crippen molar-refractivity contribution in [2.24, 2.45) is 13.0 Å². The lowest BCUT2D eigenvalue weighted by molar-refractivity contribution is 0.0815. The molecule has 0 N–H and O–H groups in total. The Labute approximate surface area is 129 Å². The first-order valence-corrected chi connectivity index (χ1v) is 8.29. The summed E-state index contributed by atoms with van der Waals surface area (Å²) in [4.78, 5) is 16.0. The second-order valence-corrected chi connectivity index (χ2v) is 6.81. The third-order valence-electron chi connectivity index (χ3n) is 4.13. The number of carbonyl (C=O) groups excluding carboxylic acids is 1. The monoisotopic (exact) mass is 303 g/mol. The zero-order valence-corrected chi connectivity index (χ0v) is 13.4. The lowest BCUT2D eigenvalue weighted by Gasteiger charge is -2.31. The molecule has 3 rings (SSSR count). The van der Waals surface area contributed by atoms with E-state index < -0.39 is 0 Å². The van der Waals surface area contributed by atoms with Gasteiger partial charge in [-0.2, -0.15) is 5.10 Å².